The Balaban J connectivity index is 1.84. The minimum Gasteiger partial charge on any atom is -0.342 e. The van der Waals surface area contributed by atoms with E-state index >= 15 is 0 Å². The number of hydrogen-bond donors (Lipinski definition) is 1. The summed E-state index contributed by atoms with van der Waals surface area (Å²) in [5, 5.41) is 3.22. The van der Waals surface area contributed by atoms with Crippen LogP contribution in [-0.2, 0) is 11.2 Å². The van der Waals surface area contributed by atoms with Gasteiger partial charge in [0.05, 0.1) is 0 Å². The molecule has 1 amide bonds. The summed E-state index contributed by atoms with van der Waals surface area (Å²) in [7, 11) is 1.98. The summed E-state index contributed by atoms with van der Waals surface area (Å²) in [5.74, 6) is 0.916. The molecule has 1 aliphatic heterocycles. The Morgan fingerprint density at radius 1 is 1.48 bits per heavy atom. The van der Waals surface area contributed by atoms with Crippen molar-refractivity contribution < 1.29 is 4.79 Å². The number of carbonyl (C=O) groups is 1. The predicted molar refractivity (Wildman–Crippen MR) is 90.4 cm³/mol. The molecule has 116 valence electrons. The average molecular weight is 353 g/mol. The van der Waals surface area contributed by atoms with E-state index in [0.29, 0.717) is 18.2 Å². The highest BCUT2D eigenvalue weighted by Crippen LogP contribution is 2.20. The Kier molecular flexibility index (Phi) is 6.24. The zero-order valence-corrected chi connectivity index (χ0v) is 14.6. The quantitative estimate of drug-likeness (QED) is 0.882. The summed E-state index contributed by atoms with van der Waals surface area (Å²) < 4.78 is 1.13. The van der Waals surface area contributed by atoms with E-state index in [1.165, 1.54) is 17.5 Å². The van der Waals surface area contributed by atoms with Crippen LogP contribution in [0, 0.1) is 12.8 Å². The summed E-state index contributed by atoms with van der Waals surface area (Å²) in [6, 6.07) is 6.33. The van der Waals surface area contributed by atoms with Crippen molar-refractivity contribution in [3.05, 3.63) is 33.8 Å². The lowest BCUT2D eigenvalue weighted by molar-refractivity contribution is -0.132. The van der Waals surface area contributed by atoms with Crippen LogP contribution in [0.1, 0.15) is 30.4 Å². The van der Waals surface area contributed by atoms with Gasteiger partial charge in [0, 0.05) is 24.0 Å². The maximum atomic E-state index is 12.4. The first kappa shape index (κ1) is 16.5. The topological polar surface area (TPSA) is 32.3 Å². The number of rotatable bonds is 5. The molecule has 21 heavy (non-hydrogen) atoms. The number of likely N-dealkylation sites (tertiary alicyclic amines) is 1. The standard InChI is InChI=1S/C17H25BrN2O/c1-13-10-14(5-7-16(13)18)6-8-17(21)20-9-3-4-15(12-20)11-19-2/h5,7,10,15,19H,3-4,6,8-9,11-12H2,1-2H3/t15-/m1/s1. The van der Waals surface area contributed by atoms with Crippen molar-refractivity contribution in [2.75, 3.05) is 26.7 Å². The smallest absolute Gasteiger partial charge is 0.222 e. The minimum absolute atomic E-state index is 0.302. The van der Waals surface area contributed by atoms with Gasteiger partial charge in [-0.2, -0.15) is 0 Å². The van der Waals surface area contributed by atoms with Gasteiger partial charge >= 0.3 is 0 Å². The fourth-order valence-corrected chi connectivity index (χ4v) is 3.27. The number of aryl methyl sites for hydroxylation is 2. The average Bonchev–Trinajstić information content (AvgIpc) is 2.49. The monoisotopic (exact) mass is 352 g/mol. The second-order valence-corrected chi connectivity index (χ2v) is 6.84. The molecular formula is C17H25BrN2O. The molecule has 1 heterocycles. The minimum atomic E-state index is 0.302. The van der Waals surface area contributed by atoms with Gasteiger partial charge in [0.15, 0.2) is 0 Å². The van der Waals surface area contributed by atoms with Crippen LogP contribution in [-0.4, -0.2) is 37.5 Å². The molecule has 0 aliphatic carbocycles. The van der Waals surface area contributed by atoms with Crippen molar-refractivity contribution in [2.24, 2.45) is 5.92 Å². The molecule has 2 rings (SSSR count). The molecule has 0 bridgehead atoms. The fourth-order valence-electron chi connectivity index (χ4n) is 3.02. The molecule has 1 fully saturated rings. The summed E-state index contributed by atoms with van der Waals surface area (Å²) in [4.78, 5) is 14.4. The number of amides is 1. The van der Waals surface area contributed by atoms with E-state index in [1.54, 1.807) is 0 Å². The molecular weight excluding hydrogens is 328 g/mol. The number of halogens is 1. The van der Waals surface area contributed by atoms with Crippen LogP contribution in [0.25, 0.3) is 0 Å². The van der Waals surface area contributed by atoms with E-state index in [1.807, 2.05) is 7.05 Å². The second kappa shape index (κ2) is 7.95. The summed E-state index contributed by atoms with van der Waals surface area (Å²) >= 11 is 3.51. The van der Waals surface area contributed by atoms with Crippen molar-refractivity contribution in [2.45, 2.75) is 32.6 Å². The largest absolute Gasteiger partial charge is 0.342 e. The zero-order chi connectivity index (χ0) is 15.2. The highest BCUT2D eigenvalue weighted by atomic mass is 79.9. The molecule has 1 aliphatic rings. The number of piperidine rings is 1. The molecule has 4 heteroatoms. The van der Waals surface area contributed by atoms with E-state index in [0.717, 1.165) is 36.9 Å². The Labute approximate surface area is 136 Å². The number of hydrogen-bond acceptors (Lipinski definition) is 2. The van der Waals surface area contributed by atoms with E-state index in [2.05, 4.69) is 51.3 Å². The summed E-state index contributed by atoms with van der Waals surface area (Å²) in [6.45, 7) is 4.94. The molecule has 0 saturated carbocycles. The van der Waals surface area contributed by atoms with Gasteiger partial charge in [-0.1, -0.05) is 28.1 Å². The highest BCUT2D eigenvalue weighted by Gasteiger charge is 2.22. The van der Waals surface area contributed by atoms with Crippen molar-refractivity contribution in [3.8, 4) is 0 Å². The van der Waals surface area contributed by atoms with E-state index in [-0.39, 0.29) is 0 Å². The normalized spacial score (nSPS) is 18.8. The Morgan fingerprint density at radius 3 is 3.00 bits per heavy atom. The SMILES string of the molecule is CNC[C@H]1CCCN(C(=O)CCc2ccc(Br)c(C)c2)C1. The molecule has 1 aromatic carbocycles. The summed E-state index contributed by atoms with van der Waals surface area (Å²) in [6.07, 6.45) is 3.82. The lowest BCUT2D eigenvalue weighted by Gasteiger charge is -2.32. The molecule has 3 nitrogen and oxygen atoms in total. The van der Waals surface area contributed by atoms with Crippen LogP contribution in [0.4, 0.5) is 0 Å². The van der Waals surface area contributed by atoms with Crippen molar-refractivity contribution >= 4 is 21.8 Å². The van der Waals surface area contributed by atoms with Crippen molar-refractivity contribution in [1.29, 1.82) is 0 Å². The van der Waals surface area contributed by atoms with Gasteiger partial charge in [0.1, 0.15) is 0 Å². The number of benzene rings is 1. The van der Waals surface area contributed by atoms with Crippen molar-refractivity contribution in [1.82, 2.24) is 10.2 Å². The van der Waals surface area contributed by atoms with Gasteiger partial charge in [-0.3, -0.25) is 4.79 Å². The Hall–Kier alpha value is -0.870. The van der Waals surface area contributed by atoms with E-state index < -0.39 is 0 Å². The highest BCUT2D eigenvalue weighted by molar-refractivity contribution is 9.10. The number of carbonyl (C=O) groups excluding carboxylic acids is 1. The molecule has 1 N–H and O–H groups in total. The maximum absolute atomic E-state index is 12.4. The van der Waals surface area contributed by atoms with Gasteiger partial charge in [0.2, 0.25) is 5.91 Å². The first-order valence-corrected chi connectivity index (χ1v) is 8.57. The van der Waals surface area contributed by atoms with E-state index in [9.17, 15) is 4.79 Å². The fraction of sp³-hybridized carbons (Fsp3) is 0.588. The van der Waals surface area contributed by atoms with E-state index in [4.69, 9.17) is 0 Å². The van der Waals surface area contributed by atoms with Gasteiger partial charge in [-0.15, -0.1) is 0 Å². The number of nitrogens with zero attached hydrogens (tertiary/aromatic N) is 1. The first-order chi connectivity index (χ1) is 10.1. The third-order valence-corrected chi connectivity index (χ3v) is 5.10. The van der Waals surface area contributed by atoms with Crippen LogP contribution in [0.3, 0.4) is 0 Å². The first-order valence-electron chi connectivity index (χ1n) is 7.77. The molecule has 1 saturated heterocycles. The van der Waals surface area contributed by atoms with Crippen LogP contribution in [0.2, 0.25) is 0 Å². The zero-order valence-electron chi connectivity index (χ0n) is 13.0. The maximum Gasteiger partial charge on any atom is 0.222 e. The third-order valence-electron chi connectivity index (χ3n) is 4.21. The predicted octanol–water partition coefficient (Wildman–Crippen LogP) is 3.15. The van der Waals surface area contributed by atoms with Crippen molar-refractivity contribution in [3.63, 3.8) is 0 Å². The van der Waals surface area contributed by atoms with Crippen LogP contribution >= 0.6 is 15.9 Å². The molecule has 0 spiro atoms. The van der Waals surface area contributed by atoms with Gasteiger partial charge < -0.3 is 10.2 Å². The van der Waals surface area contributed by atoms with Crippen LogP contribution in [0.15, 0.2) is 22.7 Å². The second-order valence-electron chi connectivity index (χ2n) is 5.99. The third kappa shape index (κ3) is 4.82. The molecule has 0 unspecified atom stereocenters. The molecule has 0 radical (unpaired) electrons. The van der Waals surface area contributed by atoms with Gasteiger partial charge in [-0.05, 0) is 62.9 Å². The van der Waals surface area contributed by atoms with Crippen LogP contribution in [0.5, 0.6) is 0 Å². The molecule has 1 aromatic rings. The molecule has 0 aromatic heterocycles. The van der Waals surface area contributed by atoms with Gasteiger partial charge in [-0.25, -0.2) is 0 Å². The Bertz CT molecular complexity index is 488. The number of nitrogens with one attached hydrogen (secondary N) is 1. The van der Waals surface area contributed by atoms with Gasteiger partial charge in [0.25, 0.3) is 0 Å². The summed E-state index contributed by atoms with van der Waals surface area (Å²) in [5.41, 5.74) is 2.47. The lowest BCUT2D eigenvalue weighted by Crippen LogP contribution is -2.42. The molecule has 1 atom stereocenters. The van der Waals surface area contributed by atoms with Crippen LogP contribution < -0.4 is 5.32 Å². The lowest BCUT2D eigenvalue weighted by atomic mass is 9.97. The Morgan fingerprint density at radius 2 is 2.29 bits per heavy atom.